The summed E-state index contributed by atoms with van der Waals surface area (Å²) in [6, 6.07) is 5.37. The third-order valence-electron chi connectivity index (χ3n) is 2.39. The molecule has 0 bridgehead atoms. The molecule has 90 valence electrons. The molecule has 0 amide bonds. The van der Waals surface area contributed by atoms with Gasteiger partial charge in [-0.25, -0.2) is 0 Å². The number of hydrogen-bond donors (Lipinski definition) is 1. The highest BCUT2D eigenvalue weighted by molar-refractivity contribution is 5.48. The molecule has 0 saturated heterocycles. The summed E-state index contributed by atoms with van der Waals surface area (Å²) in [5.74, 6) is 1.17. The Kier molecular flexibility index (Phi) is 4.15. The summed E-state index contributed by atoms with van der Waals surface area (Å²) in [4.78, 5) is 0. The van der Waals surface area contributed by atoms with Gasteiger partial charge in [-0.2, -0.15) is 0 Å². The van der Waals surface area contributed by atoms with Crippen molar-refractivity contribution in [2.24, 2.45) is 0 Å². The van der Waals surface area contributed by atoms with Crippen molar-refractivity contribution in [2.75, 3.05) is 27.9 Å². The van der Waals surface area contributed by atoms with Crippen molar-refractivity contribution in [1.29, 1.82) is 0 Å². The Labute approximate surface area is 95.8 Å². The van der Waals surface area contributed by atoms with Gasteiger partial charge in [0.2, 0.25) is 0 Å². The van der Waals surface area contributed by atoms with Gasteiger partial charge < -0.3 is 19.3 Å². The molecule has 0 fully saturated rings. The molecule has 1 aromatic rings. The molecule has 0 aliphatic carbocycles. The second-order valence-electron chi connectivity index (χ2n) is 3.74. The lowest BCUT2D eigenvalue weighted by atomic mass is 9.95. The summed E-state index contributed by atoms with van der Waals surface area (Å²) in [7, 11) is 4.65. The van der Waals surface area contributed by atoms with E-state index in [2.05, 4.69) is 0 Å². The van der Waals surface area contributed by atoms with Gasteiger partial charge in [-0.1, -0.05) is 6.07 Å². The maximum Gasteiger partial charge on any atom is 0.128 e. The van der Waals surface area contributed by atoms with E-state index in [0.717, 1.165) is 0 Å². The first kappa shape index (κ1) is 12.8. The summed E-state index contributed by atoms with van der Waals surface area (Å²) in [5.41, 5.74) is -0.547. The predicted octanol–water partition coefficient (Wildman–Crippen LogP) is 1.56. The third-order valence-corrected chi connectivity index (χ3v) is 2.39. The van der Waals surface area contributed by atoms with Crippen LogP contribution in [0.2, 0.25) is 0 Å². The molecule has 4 nitrogen and oxygen atoms in total. The van der Waals surface area contributed by atoms with Crippen LogP contribution in [0.1, 0.15) is 12.5 Å². The molecule has 1 aromatic carbocycles. The molecule has 0 saturated carbocycles. The van der Waals surface area contributed by atoms with Crippen LogP contribution in [0.5, 0.6) is 11.5 Å². The summed E-state index contributed by atoms with van der Waals surface area (Å²) in [5, 5.41) is 10.3. The lowest BCUT2D eigenvalue weighted by Gasteiger charge is -2.26. The number of benzene rings is 1. The molecule has 0 spiro atoms. The Bertz CT molecular complexity index is 325. The summed E-state index contributed by atoms with van der Waals surface area (Å²) in [6.07, 6.45) is 0. The third kappa shape index (κ3) is 2.46. The molecule has 16 heavy (non-hydrogen) atoms. The van der Waals surface area contributed by atoms with E-state index in [-0.39, 0.29) is 6.61 Å². The zero-order valence-electron chi connectivity index (χ0n) is 10.1. The highest BCUT2D eigenvalue weighted by atomic mass is 16.5. The first-order valence-corrected chi connectivity index (χ1v) is 4.99. The van der Waals surface area contributed by atoms with Crippen molar-refractivity contribution in [3.63, 3.8) is 0 Å². The molecule has 1 unspecified atom stereocenters. The van der Waals surface area contributed by atoms with Crippen LogP contribution in [-0.2, 0) is 10.3 Å². The van der Waals surface area contributed by atoms with Crippen LogP contribution in [-0.4, -0.2) is 33.0 Å². The Morgan fingerprint density at radius 2 is 1.62 bits per heavy atom. The van der Waals surface area contributed by atoms with E-state index in [1.807, 2.05) is 6.07 Å². The average molecular weight is 226 g/mol. The van der Waals surface area contributed by atoms with Crippen LogP contribution < -0.4 is 9.47 Å². The van der Waals surface area contributed by atoms with Crippen molar-refractivity contribution in [2.45, 2.75) is 12.5 Å². The van der Waals surface area contributed by atoms with E-state index in [4.69, 9.17) is 14.2 Å². The van der Waals surface area contributed by atoms with E-state index in [1.165, 1.54) is 7.11 Å². The van der Waals surface area contributed by atoms with Gasteiger partial charge in [0.1, 0.15) is 17.1 Å². The number of methoxy groups -OCH3 is 3. The second-order valence-corrected chi connectivity index (χ2v) is 3.74. The van der Waals surface area contributed by atoms with Gasteiger partial charge in [0, 0.05) is 7.11 Å². The van der Waals surface area contributed by atoms with Gasteiger partial charge in [-0.05, 0) is 19.1 Å². The summed E-state index contributed by atoms with van der Waals surface area (Å²) in [6.45, 7) is 1.83. The van der Waals surface area contributed by atoms with Gasteiger partial charge in [0.15, 0.2) is 0 Å². The summed E-state index contributed by atoms with van der Waals surface area (Å²) >= 11 is 0. The number of ether oxygens (including phenoxy) is 3. The molecule has 0 aromatic heterocycles. The first-order valence-electron chi connectivity index (χ1n) is 4.99. The van der Waals surface area contributed by atoms with E-state index in [0.29, 0.717) is 17.1 Å². The fourth-order valence-corrected chi connectivity index (χ4v) is 1.74. The molecular formula is C12H18O4. The van der Waals surface area contributed by atoms with Crippen LogP contribution in [0.25, 0.3) is 0 Å². The minimum absolute atomic E-state index is 0.170. The minimum atomic E-state index is -1.15. The number of rotatable bonds is 5. The van der Waals surface area contributed by atoms with Crippen LogP contribution in [0.15, 0.2) is 18.2 Å². The predicted molar refractivity (Wildman–Crippen MR) is 61.0 cm³/mol. The largest absolute Gasteiger partial charge is 0.496 e. The topological polar surface area (TPSA) is 47.9 Å². The van der Waals surface area contributed by atoms with Gasteiger partial charge in [-0.15, -0.1) is 0 Å². The Hall–Kier alpha value is -1.26. The minimum Gasteiger partial charge on any atom is -0.496 e. The Morgan fingerprint density at radius 1 is 1.12 bits per heavy atom. The van der Waals surface area contributed by atoms with Crippen molar-refractivity contribution in [1.82, 2.24) is 0 Å². The fourth-order valence-electron chi connectivity index (χ4n) is 1.74. The highest BCUT2D eigenvalue weighted by Crippen LogP contribution is 2.37. The molecule has 1 rings (SSSR count). The van der Waals surface area contributed by atoms with E-state index < -0.39 is 5.60 Å². The lowest BCUT2D eigenvalue weighted by Crippen LogP contribution is -2.28. The Morgan fingerprint density at radius 3 is 2.00 bits per heavy atom. The molecule has 0 heterocycles. The smallest absolute Gasteiger partial charge is 0.128 e. The molecule has 1 atom stereocenters. The number of aliphatic hydroxyl groups is 1. The molecule has 0 aliphatic heterocycles. The first-order chi connectivity index (χ1) is 7.56. The second kappa shape index (κ2) is 5.18. The van der Waals surface area contributed by atoms with Crippen LogP contribution in [0, 0.1) is 0 Å². The van der Waals surface area contributed by atoms with Gasteiger partial charge in [0.25, 0.3) is 0 Å². The molecule has 0 radical (unpaired) electrons. The lowest BCUT2D eigenvalue weighted by molar-refractivity contribution is -0.0237. The molecule has 0 aliphatic rings. The average Bonchev–Trinajstić information content (AvgIpc) is 2.27. The zero-order chi connectivity index (χ0) is 12.2. The van der Waals surface area contributed by atoms with E-state index >= 15 is 0 Å². The van der Waals surface area contributed by atoms with Crippen molar-refractivity contribution in [3.05, 3.63) is 23.8 Å². The summed E-state index contributed by atoms with van der Waals surface area (Å²) < 4.78 is 15.4. The van der Waals surface area contributed by atoms with E-state index in [1.54, 1.807) is 33.3 Å². The Balaban J connectivity index is 3.27. The maximum atomic E-state index is 10.3. The quantitative estimate of drug-likeness (QED) is 0.827. The SMILES string of the molecule is COCC(C)(O)c1c(OC)cccc1OC. The number of hydrogen-bond acceptors (Lipinski definition) is 4. The maximum absolute atomic E-state index is 10.3. The van der Waals surface area contributed by atoms with Crippen molar-refractivity contribution in [3.8, 4) is 11.5 Å². The standard InChI is InChI=1S/C12H18O4/c1-12(13,8-14-2)11-9(15-3)6-5-7-10(11)16-4/h5-7,13H,8H2,1-4H3. The monoisotopic (exact) mass is 226 g/mol. The molecule has 4 heteroatoms. The van der Waals surface area contributed by atoms with Crippen molar-refractivity contribution < 1.29 is 19.3 Å². The normalized spacial score (nSPS) is 14.3. The highest BCUT2D eigenvalue weighted by Gasteiger charge is 2.30. The van der Waals surface area contributed by atoms with Crippen molar-refractivity contribution >= 4 is 0 Å². The molecule has 1 N–H and O–H groups in total. The van der Waals surface area contributed by atoms with Crippen LogP contribution >= 0.6 is 0 Å². The van der Waals surface area contributed by atoms with Crippen LogP contribution in [0.4, 0.5) is 0 Å². The van der Waals surface area contributed by atoms with E-state index in [9.17, 15) is 5.11 Å². The van der Waals surface area contributed by atoms with Crippen LogP contribution in [0.3, 0.4) is 0 Å². The zero-order valence-corrected chi connectivity index (χ0v) is 10.1. The fraction of sp³-hybridized carbons (Fsp3) is 0.500. The van der Waals surface area contributed by atoms with Gasteiger partial charge in [-0.3, -0.25) is 0 Å². The van der Waals surface area contributed by atoms with Gasteiger partial charge in [0.05, 0.1) is 26.4 Å². The van der Waals surface area contributed by atoms with Gasteiger partial charge >= 0.3 is 0 Å². The molecular weight excluding hydrogens is 208 g/mol.